The molecular weight excluding hydrogens is 590 g/mol. The Kier molecular flexibility index (Phi) is 5.89. The van der Waals surface area contributed by atoms with Crippen LogP contribution in [0.1, 0.15) is 18.5 Å². The molecule has 5 nitrogen and oxygen atoms in total. The summed E-state index contributed by atoms with van der Waals surface area (Å²) < 4.78 is 8.43. The smallest absolute Gasteiger partial charge is 0.236 e. The fraction of sp³-hybridized carbons (Fsp3) is 0.167. The fourth-order valence-corrected chi connectivity index (χ4v) is 5.67. The Morgan fingerprint density at radius 3 is 2.45 bits per heavy atom. The number of nitrogens with one attached hydrogen (secondary N) is 2. The maximum absolute atomic E-state index is 13.8. The predicted octanol–water partition coefficient (Wildman–Crippen LogP) is 6.66. The number of carbonyl (C=O) groups is 1. The SMILES string of the molecule is CC12Oc3ccc(Br)cc3C(NC(=S)N1c1ccc(Br)cc1)C2C(=O)Nc1ccc(Cl)cc1. The van der Waals surface area contributed by atoms with Crippen LogP contribution < -0.4 is 20.3 Å². The lowest BCUT2D eigenvalue weighted by Crippen LogP contribution is -2.72. The highest BCUT2D eigenvalue weighted by Crippen LogP contribution is 2.50. The average Bonchev–Trinajstić information content (AvgIpc) is 2.77. The molecule has 2 N–H and O–H groups in total. The van der Waals surface area contributed by atoms with E-state index in [1.54, 1.807) is 24.3 Å². The van der Waals surface area contributed by atoms with Crippen molar-refractivity contribution in [2.45, 2.75) is 18.7 Å². The van der Waals surface area contributed by atoms with Crippen LogP contribution in [0.2, 0.25) is 5.02 Å². The second-order valence-corrected chi connectivity index (χ2v) is 10.7. The summed E-state index contributed by atoms with van der Waals surface area (Å²) in [5, 5.41) is 7.53. The fourth-order valence-electron chi connectivity index (χ4n) is 4.49. The quantitative estimate of drug-likeness (QED) is 0.326. The van der Waals surface area contributed by atoms with Gasteiger partial charge in [0.1, 0.15) is 11.7 Å². The first-order chi connectivity index (χ1) is 15.8. The zero-order chi connectivity index (χ0) is 23.3. The maximum atomic E-state index is 13.8. The number of carbonyl (C=O) groups excluding carboxylic acids is 1. The van der Waals surface area contributed by atoms with E-state index in [4.69, 9.17) is 28.6 Å². The zero-order valence-corrected chi connectivity index (χ0v) is 22.1. The molecule has 2 aliphatic heterocycles. The predicted molar refractivity (Wildman–Crippen MR) is 142 cm³/mol. The number of benzene rings is 3. The molecular formula is C24H18Br2ClN3O2S. The van der Waals surface area contributed by atoms with E-state index < -0.39 is 11.6 Å². The third kappa shape index (κ3) is 4.03. The van der Waals surface area contributed by atoms with Gasteiger partial charge in [0.2, 0.25) is 5.91 Å². The van der Waals surface area contributed by atoms with Crippen molar-refractivity contribution >= 4 is 78.1 Å². The van der Waals surface area contributed by atoms with Crippen LogP contribution in [0.15, 0.2) is 75.7 Å². The second kappa shape index (κ2) is 8.58. The molecule has 3 unspecified atom stereocenters. The molecule has 9 heteroatoms. The molecule has 2 aliphatic rings. The molecule has 3 aromatic carbocycles. The average molecular weight is 608 g/mol. The molecule has 33 heavy (non-hydrogen) atoms. The molecule has 0 radical (unpaired) electrons. The molecule has 1 amide bonds. The van der Waals surface area contributed by atoms with Gasteiger partial charge in [0.25, 0.3) is 0 Å². The van der Waals surface area contributed by atoms with Crippen LogP contribution in [0.5, 0.6) is 5.75 Å². The molecule has 1 saturated heterocycles. The third-order valence-corrected chi connectivity index (χ3v) is 7.51. The number of fused-ring (bicyclic) bond motifs is 4. The highest BCUT2D eigenvalue weighted by molar-refractivity contribution is 9.10. The van der Waals surface area contributed by atoms with Gasteiger partial charge < -0.3 is 15.4 Å². The summed E-state index contributed by atoms with van der Waals surface area (Å²) in [6, 6.07) is 20.2. The lowest BCUT2D eigenvalue weighted by Gasteiger charge is -2.56. The number of hydrogen-bond donors (Lipinski definition) is 2. The summed E-state index contributed by atoms with van der Waals surface area (Å²) in [6.07, 6.45) is 0. The van der Waals surface area contributed by atoms with Crippen molar-refractivity contribution in [3.63, 3.8) is 0 Å². The van der Waals surface area contributed by atoms with Crippen LogP contribution in [0.4, 0.5) is 11.4 Å². The summed E-state index contributed by atoms with van der Waals surface area (Å²) in [6.45, 7) is 1.91. The van der Waals surface area contributed by atoms with Crippen LogP contribution in [0.25, 0.3) is 0 Å². The number of halogens is 3. The molecule has 0 saturated carbocycles. The van der Waals surface area contributed by atoms with Crippen molar-refractivity contribution in [3.8, 4) is 5.75 Å². The Balaban J connectivity index is 1.62. The number of nitrogens with zero attached hydrogens (tertiary/aromatic N) is 1. The lowest BCUT2D eigenvalue weighted by atomic mass is 9.78. The lowest BCUT2D eigenvalue weighted by molar-refractivity contribution is -0.130. The van der Waals surface area contributed by atoms with E-state index >= 15 is 0 Å². The zero-order valence-electron chi connectivity index (χ0n) is 17.3. The first-order valence-corrected chi connectivity index (χ1v) is 12.5. The van der Waals surface area contributed by atoms with Gasteiger partial charge in [-0.3, -0.25) is 9.69 Å². The Hall–Kier alpha value is -2.13. The van der Waals surface area contributed by atoms with Crippen molar-refractivity contribution in [3.05, 3.63) is 86.3 Å². The Morgan fingerprint density at radius 2 is 1.76 bits per heavy atom. The van der Waals surface area contributed by atoms with Crippen LogP contribution in [-0.4, -0.2) is 16.7 Å². The highest BCUT2D eigenvalue weighted by atomic mass is 79.9. The van der Waals surface area contributed by atoms with Crippen molar-refractivity contribution < 1.29 is 9.53 Å². The van der Waals surface area contributed by atoms with Gasteiger partial charge in [-0.1, -0.05) is 43.5 Å². The number of amides is 1. The van der Waals surface area contributed by atoms with Gasteiger partial charge in [-0.2, -0.15) is 0 Å². The van der Waals surface area contributed by atoms with Crippen molar-refractivity contribution in [2.75, 3.05) is 10.2 Å². The van der Waals surface area contributed by atoms with Gasteiger partial charge in [0.05, 0.1) is 6.04 Å². The molecule has 0 spiro atoms. The number of ether oxygens (including phenoxy) is 1. The first kappa shape index (κ1) is 22.7. The largest absolute Gasteiger partial charge is 0.467 e. The van der Waals surface area contributed by atoms with E-state index in [0.717, 1.165) is 20.2 Å². The molecule has 2 heterocycles. The van der Waals surface area contributed by atoms with Gasteiger partial charge >= 0.3 is 0 Å². The van der Waals surface area contributed by atoms with Crippen molar-refractivity contribution in [2.24, 2.45) is 5.92 Å². The highest BCUT2D eigenvalue weighted by Gasteiger charge is 2.59. The van der Waals surface area contributed by atoms with Crippen LogP contribution in [0, 0.1) is 5.92 Å². The molecule has 0 aromatic heterocycles. The standard InChI is InChI=1S/C24H18Br2ClN3O2S/c1-24-20(22(31)28-16-7-5-15(27)6-8-16)21(18-12-14(26)4-11-19(18)32-24)29-23(33)30(24)17-9-2-13(25)3-10-17/h2-12,20-21H,1H3,(H,28,31)(H,29,33). The number of thiocarbonyl (C=S) groups is 1. The normalized spacial score (nSPS) is 23.3. The molecule has 5 rings (SSSR count). The van der Waals surface area contributed by atoms with Crippen LogP contribution in [-0.2, 0) is 4.79 Å². The van der Waals surface area contributed by atoms with Crippen molar-refractivity contribution in [1.82, 2.24) is 5.32 Å². The summed E-state index contributed by atoms with van der Waals surface area (Å²) >= 11 is 18.8. The van der Waals surface area contributed by atoms with Gasteiger partial charge in [0, 0.05) is 30.9 Å². The number of hydrogen-bond acceptors (Lipinski definition) is 3. The second-order valence-electron chi connectivity index (χ2n) is 8.05. The molecule has 0 aliphatic carbocycles. The van der Waals surface area contributed by atoms with E-state index in [-0.39, 0.29) is 11.9 Å². The summed E-state index contributed by atoms with van der Waals surface area (Å²) in [7, 11) is 0. The summed E-state index contributed by atoms with van der Waals surface area (Å²) in [5.41, 5.74) is 1.28. The third-order valence-electron chi connectivity index (χ3n) is 5.94. The van der Waals surface area contributed by atoms with Crippen molar-refractivity contribution in [1.29, 1.82) is 0 Å². The molecule has 3 atom stereocenters. The van der Waals surface area contributed by atoms with Crippen LogP contribution in [0.3, 0.4) is 0 Å². The Morgan fingerprint density at radius 1 is 1.09 bits per heavy atom. The number of anilines is 2. The monoisotopic (exact) mass is 605 g/mol. The van der Waals surface area contributed by atoms with E-state index in [9.17, 15) is 4.79 Å². The number of rotatable bonds is 3. The Labute approximate surface area is 218 Å². The van der Waals surface area contributed by atoms with E-state index in [0.29, 0.717) is 21.6 Å². The minimum absolute atomic E-state index is 0.187. The van der Waals surface area contributed by atoms with Gasteiger partial charge in [-0.15, -0.1) is 0 Å². The molecule has 3 aromatic rings. The topological polar surface area (TPSA) is 53.6 Å². The van der Waals surface area contributed by atoms with Crippen LogP contribution >= 0.6 is 55.7 Å². The first-order valence-electron chi connectivity index (χ1n) is 10.2. The minimum atomic E-state index is -1.07. The van der Waals surface area contributed by atoms with Gasteiger partial charge in [-0.25, -0.2) is 0 Å². The van der Waals surface area contributed by atoms with Gasteiger partial charge in [0.15, 0.2) is 10.8 Å². The van der Waals surface area contributed by atoms with Gasteiger partial charge in [-0.05, 0) is 85.9 Å². The van der Waals surface area contributed by atoms with E-state index in [2.05, 4.69) is 42.5 Å². The Bertz CT molecular complexity index is 1260. The molecule has 1 fully saturated rings. The maximum Gasteiger partial charge on any atom is 0.236 e. The summed E-state index contributed by atoms with van der Waals surface area (Å²) in [4.78, 5) is 15.6. The minimum Gasteiger partial charge on any atom is -0.467 e. The van der Waals surface area contributed by atoms with E-state index in [1.807, 2.05) is 54.3 Å². The summed E-state index contributed by atoms with van der Waals surface area (Å²) in [5.74, 6) is -0.101. The van der Waals surface area contributed by atoms with E-state index in [1.165, 1.54) is 0 Å². The molecule has 2 bridgehead atoms. The molecule has 168 valence electrons.